The van der Waals surface area contributed by atoms with Gasteiger partial charge in [-0.05, 0) is 54.3 Å². The quantitative estimate of drug-likeness (QED) is 0.696. The first-order valence-electron chi connectivity index (χ1n) is 7.83. The number of benzene rings is 1. The van der Waals surface area contributed by atoms with Crippen molar-refractivity contribution >= 4 is 11.3 Å². The lowest BCUT2D eigenvalue weighted by Crippen LogP contribution is -2.16. The van der Waals surface area contributed by atoms with Crippen molar-refractivity contribution in [3.63, 3.8) is 0 Å². The smallest absolute Gasteiger partial charge is 0.0494 e. The summed E-state index contributed by atoms with van der Waals surface area (Å²) in [6, 6.07) is 12.9. The standard InChI is InChI=1S/C18H23NOS/c1-2-5-16(6-3-1)17-11-18(21-14-17)12-19-9-4-10-20-13-15-7-8-15/h1-3,5-6,11,14-15,19H,4,7-10,12-13H2. The molecule has 21 heavy (non-hydrogen) atoms. The summed E-state index contributed by atoms with van der Waals surface area (Å²) < 4.78 is 5.63. The van der Waals surface area contributed by atoms with Crippen LogP contribution >= 0.6 is 11.3 Å². The predicted octanol–water partition coefficient (Wildman–Crippen LogP) is 4.32. The lowest BCUT2D eigenvalue weighted by atomic mass is 10.1. The minimum absolute atomic E-state index is 0.875. The number of thiophene rings is 1. The molecule has 1 saturated carbocycles. The largest absolute Gasteiger partial charge is 0.381 e. The van der Waals surface area contributed by atoms with Crippen molar-refractivity contribution in [1.29, 1.82) is 0 Å². The van der Waals surface area contributed by atoms with Gasteiger partial charge in [-0.15, -0.1) is 11.3 Å². The van der Waals surface area contributed by atoms with Crippen LogP contribution in [0, 0.1) is 5.92 Å². The summed E-state index contributed by atoms with van der Waals surface area (Å²) in [6.45, 7) is 3.86. The SMILES string of the molecule is c1ccc(-c2csc(CNCCCOCC3CC3)c2)cc1. The van der Waals surface area contributed by atoms with Crippen molar-refractivity contribution < 1.29 is 4.74 Å². The van der Waals surface area contributed by atoms with E-state index in [1.165, 1.54) is 28.8 Å². The number of nitrogens with one attached hydrogen (secondary N) is 1. The molecule has 3 rings (SSSR count). The Hall–Kier alpha value is -1.16. The van der Waals surface area contributed by atoms with Crippen molar-refractivity contribution in [3.05, 3.63) is 46.7 Å². The highest BCUT2D eigenvalue weighted by Crippen LogP contribution is 2.28. The van der Waals surface area contributed by atoms with E-state index in [4.69, 9.17) is 4.74 Å². The van der Waals surface area contributed by atoms with Gasteiger partial charge >= 0.3 is 0 Å². The van der Waals surface area contributed by atoms with Gasteiger partial charge in [0.2, 0.25) is 0 Å². The minimum atomic E-state index is 0.875. The van der Waals surface area contributed by atoms with E-state index in [0.29, 0.717) is 0 Å². The zero-order valence-electron chi connectivity index (χ0n) is 12.4. The third kappa shape index (κ3) is 4.95. The highest BCUT2D eigenvalue weighted by molar-refractivity contribution is 7.10. The van der Waals surface area contributed by atoms with E-state index in [1.807, 2.05) is 11.3 Å². The molecule has 0 atom stereocenters. The fraction of sp³-hybridized carbons (Fsp3) is 0.444. The van der Waals surface area contributed by atoms with Gasteiger partial charge in [-0.3, -0.25) is 0 Å². The molecule has 1 heterocycles. The van der Waals surface area contributed by atoms with Crippen LogP contribution in [-0.2, 0) is 11.3 Å². The molecular weight excluding hydrogens is 278 g/mol. The monoisotopic (exact) mass is 301 g/mol. The lowest BCUT2D eigenvalue weighted by molar-refractivity contribution is 0.122. The Morgan fingerprint density at radius 3 is 2.81 bits per heavy atom. The van der Waals surface area contributed by atoms with Gasteiger partial charge < -0.3 is 10.1 Å². The van der Waals surface area contributed by atoms with Gasteiger partial charge in [-0.2, -0.15) is 0 Å². The molecule has 1 N–H and O–H groups in total. The molecule has 1 aliphatic carbocycles. The van der Waals surface area contributed by atoms with Crippen molar-refractivity contribution in [2.75, 3.05) is 19.8 Å². The van der Waals surface area contributed by atoms with Crippen LogP contribution in [0.25, 0.3) is 11.1 Å². The zero-order chi connectivity index (χ0) is 14.3. The Labute approximate surface area is 131 Å². The van der Waals surface area contributed by atoms with Crippen molar-refractivity contribution in [2.24, 2.45) is 5.92 Å². The summed E-state index contributed by atoms with van der Waals surface area (Å²) >= 11 is 1.83. The van der Waals surface area contributed by atoms with Crippen LogP contribution in [0.4, 0.5) is 0 Å². The van der Waals surface area contributed by atoms with Crippen LogP contribution in [0.5, 0.6) is 0 Å². The molecule has 0 spiro atoms. The molecule has 0 amide bonds. The molecule has 2 nitrogen and oxygen atoms in total. The molecule has 112 valence electrons. The normalized spacial score (nSPS) is 14.5. The Balaban J connectivity index is 1.33. The van der Waals surface area contributed by atoms with Gasteiger partial charge in [0.1, 0.15) is 0 Å². The Kier molecular flexibility index (Phi) is 5.44. The summed E-state index contributed by atoms with van der Waals surface area (Å²) in [5.41, 5.74) is 2.62. The lowest BCUT2D eigenvalue weighted by Gasteiger charge is -2.04. The molecule has 1 aromatic heterocycles. The second-order valence-corrected chi connectivity index (χ2v) is 6.71. The topological polar surface area (TPSA) is 21.3 Å². The molecule has 0 bridgehead atoms. The fourth-order valence-corrected chi connectivity index (χ4v) is 3.16. The van der Waals surface area contributed by atoms with E-state index in [2.05, 4.69) is 47.1 Å². The van der Waals surface area contributed by atoms with Crippen LogP contribution in [0.15, 0.2) is 41.8 Å². The van der Waals surface area contributed by atoms with E-state index >= 15 is 0 Å². The first-order valence-corrected chi connectivity index (χ1v) is 8.71. The molecule has 1 aromatic carbocycles. The highest BCUT2D eigenvalue weighted by Gasteiger charge is 2.20. The van der Waals surface area contributed by atoms with E-state index in [9.17, 15) is 0 Å². The minimum Gasteiger partial charge on any atom is -0.381 e. The third-order valence-electron chi connectivity index (χ3n) is 3.75. The average molecular weight is 301 g/mol. The number of hydrogen-bond donors (Lipinski definition) is 1. The Bertz CT molecular complexity index is 533. The predicted molar refractivity (Wildman–Crippen MR) is 89.6 cm³/mol. The van der Waals surface area contributed by atoms with Gasteiger partial charge in [0.25, 0.3) is 0 Å². The van der Waals surface area contributed by atoms with Crippen LogP contribution in [0.1, 0.15) is 24.1 Å². The summed E-state index contributed by atoms with van der Waals surface area (Å²) in [5.74, 6) is 0.875. The first-order chi connectivity index (χ1) is 10.4. The average Bonchev–Trinajstić information content (AvgIpc) is 3.23. The summed E-state index contributed by atoms with van der Waals surface area (Å²) in [4.78, 5) is 1.40. The molecule has 0 unspecified atom stereocenters. The van der Waals surface area contributed by atoms with Gasteiger partial charge in [0.05, 0.1) is 0 Å². The second-order valence-electron chi connectivity index (χ2n) is 5.72. The zero-order valence-corrected chi connectivity index (χ0v) is 13.2. The number of ether oxygens (including phenoxy) is 1. The van der Waals surface area contributed by atoms with E-state index in [0.717, 1.165) is 38.6 Å². The molecule has 0 saturated heterocycles. The molecule has 0 aliphatic heterocycles. The molecule has 1 fully saturated rings. The van der Waals surface area contributed by atoms with Crippen LogP contribution in [0.3, 0.4) is 0 Å². The van der Waals surface area contributed by atoms with E-state index in [1.54, 1.807) is 0 Å². The number of hydrogen-bond acceptors (Lipinski definition) is 3. The molecule has 0 radical (unpaired) electrons. The van der Waals surface area contributed by atoms with Crippen molar-refractivity contribution in [3.8, 4) is 11.1 Å². The number of rotatable bonds is 9. The van der Waals surface area contributed by atoms with E-state index < -0.39 is 0 Å². The Morgan fingerprint density at radius 1 is 1.14 bits per heavy atom. The van der Waals surface area contributed by atoms with Crippen molar-refractivity contribution in [1.82, 2.24) is 5.32 Å². The summed E-state index contributed by atoms with van der Waals surface area (Å²) in [6.07, 6.45) is 3.85. The molecule has 3 heteroatoms. The maximum absolute atomic E-state index is 5.63. The van der Waals surface area contributed by atoms with Gasteiger partial charge in [0, 0.05) is 24.6 Å². The van der Waals surface area contributed by atoms with Gasteiger partial charge in [-0.1, -0.05) is 30.3 Å². The fourth-order valence-electron chi connectivity index (χ4n) is 2.30. The highest BCUT2D eigenvalue weighted by atomic mass is 32.1. The summed E-state index contributed by atoms with van der Waals surface area (Å²) in [5, 5.41) is 5.74. The van der Waals surface area contributed by atoms with Crippen molar-refractivity contribution in [2.45, 2.75) is 25.8 Å². The van der Waals surface area contributed by atoms with Gasteiger partial charge in [0.15, 0.2) is 0 Å². The van der Waals surface area contributed by atoms with Crippen LogP contribution in [0.2, 0.25) is 0 Å². The molecule has 1 aliphatic rings. The maximum atomic E-state index is 5.63. The summed E-state index contributed by atoms with van der Waals surface area (Å²) in [7, 11) is 0. The third-order valence-corrected chi connectivity index (χ3v) is 4.69. The van der Waals surface area contributed by atoms with Crippen LogP contribution < -0.4 is 5.32 Å². The molecule has 2 aromatic rings. The molecular formula is C18H23NOS. The Morgan fingerprint density at radius 2 is 2.00 bits per heavy atom. The first kappa shape index (κ1) is 14.8. The maximum Gasteiger partial charge on any atom is 0.0494 e. The second kappa shape index (κ2) is 7.74. The van der Waals surface area contributed by atoms with E-state index in [-0.39, 0.29) is 0 Å². The van der Waals surface area contributed by atoms with Crippen LogP contribution in [-0.4, -0.2) is 19.8 Å². The van der Waals surface area contributed by atoms with Gasteiger partial charge in [-0.25, -0.2) is 0 Å².